The number of nitrogens with zero attached hydrogens (tertiary/aromatic N) is 3. The third kappa shape index (κ3) is 2.62. The number of fused-ring (bicyclic) bond motifs is 1. The topological polar surface area (TPSA) is 171 Å². The second kappa shape index (κ2) is 5.95. The summed E-state index contributed by atoms with van der Waals surface area (Å²) >= 11 is 0.988. The summed E-state index contributed by atoms with van der Waals surface area (Å²) < 4.78 is 5.39. The van der Waals surface area contributed by atoms with Gasteiger partial charge in [-0.25, -0.2) is 15.0 Å². The average molecular weight is 329 g/mol. The number of hydrogen-bond acceptors (Lipinski definition) is 10. The molecular formula is C11H15N5O5S. The lowest BCUT2D eigenvalue weighted by atomic mass is 10.0. The predicted octanol–water partition coefficient (Wildman–Crippen LogP) is -2.17. The zero-order valence-electron chi connectivity index (χ0n) is 11.2. The molecule has 0 aromatic carbocycles. The van der Waals surface area contributed by atoms with Gasteiger partial charge in [-0.05, 0) is 0 Å². The minimum Gasteiger partial charge on any atom is -0.394 e. The second-order valence-electron chi connectivity index (χ2n) is 4.81. The molecule has 1 saturated heterocycles. The summed E-state index contributed by atoms with van der Waals surface area (Å²) in [5, 5.41) is 39.0. The van der Waals surface area contributed by atoms with Crippen LogP contribution in [0, 0.1) is 0 Å². The van der Waals surface area contributed by atoms with E-state index in [2.05, 4.69) is 19.9 Å². The summed E-state index contributed by atoms with van der Waals surface area (Å²) in [6, 6.07) is 0. The van der Waals surface area contributed by atoms with Crippen LogP contribution in [-0.4, -0.2) is 76.8 Å². The number of nitrogens with two attached hydrogens (primary N) is 1. The van der Waals surface area contributed by atoms with Gasteiger partial charge in [-0.1, -0.05) is 11.8 Å². The first-order valence-corrected chi connectivity index (χ1v) is 7.32. The maximum absolute atomic E-state index is 9.98. The van der Waals surface area contributed by atoms with Crippen molar-refractivity contribution in [3.63, 3.8) is 0 Å². The fraction of sp³-hybridized carbons (Fsp3) is 0.545. The van der Waals surface area contributed by atoms with Crippen LogP contribution in [0.25, 0.3) is 11.2 Å². The Morgan fingerprint density at radius 1 is 1.23 bits per heavy atom. The van der Waals surface area contributed by atoms with Crippen LogP contribution in [0.5, 0.6) is 0 Å². The van der Waals surface area contributed by atoms with E-state index in [0.717, 1.165) is 11.8 Å². The second-order valence-corrected chi connectivity index (χ2v) is 5.90. The van der Waals surface area contributed by atoms with Crippen molar-refractivity contribution >= 4 is 28.7 Å². The number of rotatable bonds is 3. The molecule has 22 heavy (non-hydrogen) atoms. The van der Waals surface area contributed by atoms with Crippen molar-refractivity contribution in [1.29, 1.82) is 0 Å². The maximum Gasteiger partial charge on any atom is 0.183 e. The van der Waals surface area contributed by atoms with Gasteiger partial charge in [0, 0.05) is 0 Å². The van der Waals surface area contributed by atoms with E-state index >= 15 is 0 Å². The molecule has 0 aliphatic carbocycles. The molecule has 3 rings (SSSR count). The molecule has 0 unspecified atom stereocenters. The monoisotopic (exact) mass is 329 g/mol. The number of nitrogen functional groups attached to an aromatic ring is 1. The predicted molar refractivity (Wildman–Crippen MR) is 75.7 cm³/mol. The van der Waals surface area contributed by atoms with Crippen molar-refractivity contribution < 1.29 is 25.2 Å². The Hall–Kier alpha value is -1.50. The highest BCUT2D eigenvalue weighted by Crippen LogP contribution is 2.33. The van der Waals surface area contributed by atoms with Crippen molar-refractivity contribution in [3.8, 4) is 0 Å². The van der Waals surface area contributed by atoms with Gasteiger partial charge >= 0.3 is 0 Å². The Morgan fingerprint density at radius 3 is 2.68 bits per heavy atom. The first kappa shape index (κ1) is 15.4. The molecule has 0 saturated carbocycles. The van der Waals surface area contributed by atoms with Crippen LogP contribution in [-0.2, 0) is 4.74 Å². The molecule has 5 atom stereocenters. The lowest BCUT2D eigenvalue weighted by Crippen LogP contribution is -2.57. The SMILES string of the molecule is Nc1ncnc2nc(S[C@@H]3O[C@@H](CO)[C@@H](O)[C@@H](O)[C@@H]3O)[nH]c12. The first-order chi connectivity index (χ1) is 10.5. The molecule has 0 bridgehead atoms. The van der Waals surface area contributed by atoms with Crippen molar-refractivity contribution in [1.82, 2.24) is 19.9 Å². The number of hydrogen-bond donors (Lipinski definition) is 6. The molecule has 0 amide bonds. The zero-order valence-corrected chi connectivity index (χ0v) is 12.0. The van der Waals surface area contributed by atoms with E-state index in [1.54, 1.807) is 0 Å². The molecule has 2 aromatic rings. The Morgan fingerprint density at radius 2 is 2.00 bits per heavy atom. The standard InChI is InChI=1S/C11H15N5O5S/c12-8-4-9(14-2-13-8)16-11(15-4)22-10-7(20)6(19)5(18)3(1-17)21-10/h2-3,5-7,10,17-20H,1H2,(H3,12,13,14,15,16)/t3-,5+,6+,7-,10-/m0/s1. The number of anilines is 1. The van der Waals surface area contributed by atoms with E-state index in [1.807, 2.05) is 0 Å². The minimum atomic E-state index is -1.43. The average Bonchev–Trinajstić information content (AvgIpc) is 2.92. The van der Waals surface area contributed by atoms with E-state index in [1.165, 1.54) is 6.33 Å². The minimum absolute atomic E-state index is 0.234. The zero-order chi connectivity index (χ0) is 15.9. The lowest BCUT2D eigenvalue weighted by Gasteiger charge is -2.39. The molecular weight excluding hydrogens is 314 g/mol. The van der Waals surface area contributed by atoms with Gasteiger partial charge in [-0.3, -0.25) is 0 Å². The number of ether oxygens (including phenoxy) is 1. The number of aromatic amines is 1. The van der Waals surface area contributed by atoms with Gasteiger partial charge in [0.1, 0.15) is 41.7 Å². The van der Waals surface area contributed by atoms with Crippen molar-refractivity contribution in [2.45, 2.75) is 35.0 Å². The van der Waals surface area contributed by atoms with Gasteiger partial charge < -0.3 is 35.9 Å². The lowest BCUT2D eigenvalue weighted by molar-refractivity contribution is -0.205. The van der Waals surface area contributed by atoms with Gasteiger partial charge in [0.05, 0.1) is 6.61 Å². The third-order valence-electron chi connectivity index (χ3n) is 3.37. The molecule has 1 aliphatic rings. The van der Waals surface area contributed by atoms with E-state index in [0.29, 0.717) is 16.3 Å². The molecule has 0 spiro atoms. The van der Waals surface area contributed by atoms with Crippen LogP contribution < -0.4 is 5.73 Å². The molecule has 10 nitrogen and oxygen atoms in total. The van der Waals surface area contributed by atoms with Crippen LogP contribution in [0.15, 0.2) is 11.5 Å². The van der Waals surface area contributed by atoms with Gasteiger partial charge in [-0.15, -0.1) is 0 Å². The Labute approximate surface area is 128 Å². The Bertz CT molecular complexity index is 667. The summed E-state index contributed by atoms with van der Waals surface area (Å²) in [5.41, 5.74) is 5.58. The summed E-state index contributed by atoms with van der Waals surface area (Å²) in [5.74, 6) is 0.234. The third-order valence-corrected chi connectivity index (χ3v) is 4.41. The normalized spacial score (nSPS) is 32.5. The number of imidazole rings is 1. The van der Waals surface area contributed by atoms with Crippen molar-refractivity contribution in [2.75, 3.05) is 12.3 Å². The van der Waals surface area contributed by atoms with Gasteiger partial charge in [0.15, 0.2) is 16.6 Å². The highest BCUT2D eigenvalue weighted by molar-refractivity contribution is 7.99. The molecule has 7 N–H and O–H groups in total. The number of thioether (sulfide) groups is 1. The number of aliphatic hydroxyl groups excluding tert-OH is 4. The molecule has 2 aromatic heterocycles. The van der Waals surface area contributed by atoms with E-state index in [4.69, 9.17) is 15.6 Å². The van der Waals surface area contributed by atoms with Crippen molar-refractivity contribution in [3.05, 3.63) is 6.33 Å². The molecule has 3 heterocycles. The van der Waals surface area contributed by atoms with Gasteiger partial charge in [0.25, 0.3) is 0 Å². The quantitative estimate of drug-likeness (QED) is 0.364. The highest BCUT2D eigenvalue weighted by atomic mass is 32.2. The number of aromatic nitrogens is 4. The van der Waals surface area contributed by atoms with E-state index < -0.39 is 36.5 Å². The Balaban J connectivity index is 1.82. The maximum atomic E-state index is 9.98. The Kier molecular flexibility index (Phi) is 4.16. The fourth-order valence-electron chi connectivity index (χ4n) is 2.16. The van der Waals surface area contributed by atoms with Gasteiger partial charge in [-0.2, -0.15) is 0 Å². The summed E-state index contributed by atoms with van der Waals surface area (Å²) in [4.78, 5) is 14.9. The van der Waals surface area contributed by atoms with Crippen LogP contribution in [0.1, 0.15) is 0 Å². The van der Waals surface area contributed by atoms with Gasteiger partial charge in [0.2, 0.25) is 0 Å². The van der Waals surface area contributed by atoms with E-state index in [-0.39, 0.29) is 5.82 Å². The van der Waals surface area contributed by atoms with Crippen LogP contribution in [0.3, 0.4) is 0 Å². The van der Waals surface area contributed by atoms with Crippen LogP contribution >= 0.6 is 11.8 Å². The molecule has 0 radical (unpaired) electrons. The van der Waals surface area contributed by atoms with Crippen molar-refractivity contribution in [2.24, 2.45) is 0 Å². The summed E-state index contributed by atoms with van der Waals surface area (Å²) in [6.45, 7) is -0.486. The first-order valence-electron chi connectivity index (χ1n) is 6.44. The van der Waals surface area contributed by atoms with Crippen LogP contribution in [0.2, 0.25) is 0 Å². The summed E-state index contributed by atoms with van der Waals surface area (Å²) in [6.07, 6.45) is -3.86. The molecule has 11 heteroatoms. The highest BCUT2D eigenvalue weighted by Gasteiger charge is 2.44. The van der Waals surface area contributed by atoms with Crippen LogP contribution in [0.4, 0.5) is 5.82 Å². The molecule has 1 aliphatic heterocycles. The molecule has 1 fully saturated rings. The number of H-pyrrole nitrogens is 1. The molecule has 120 valence electrons. The number of nitrogens with one attached hydrogen (secondary N) is 1. The smallest absolute Gasteiger partial charge is 0.183 e. The number of aliphatic hydroxyl groups is 4. The largest absolute Gasteiger partial charge is 0.394 e. The summed E-state index contributed by atoms with van der Waals surface area (Å²) in [7, 11) is 0. The van der Waals surface area contributed by atoms with E-state index in [9.17, 15) is 15.3 Å². The fourth-order valence-corrected chi connectivity index (χ4v) is 3.17.